The van der Waals surface area contributed by atoms with E-state index in [0.717, 1.165) is 0 Å². The highest BCUT2D eigenvalue weighted by atomic mass is 19.1. The molecule has 0 bridgehead atoms. The summed E-state index contributed by atoms with van der Waals surface area (Å²) in [6.45, 7) is 6.35. The Labute approximate surface area is 111 Å². The van der Waals surface area contributed by atoms with Crippen LogP contribution in [-0.2, 0) is 0 Å². The Morgan fingerprint density at radius 3 is 2.42 bits per heavy atom. The Kier molecular flexibility index (Phi) is 3.69. The second-order valence-corrected chi connectivity index (χ2v) is 4.11. The van der Waals surface area contributed by atoms with E-state index in [1.54, 1.807) is 23.1 Å². The summed E-state index contributed by atoms with van der Waals surface area (Å²) in [4.78, 5) is 1.76. The molecule has 0 N–H and O–H groups in total. The van der Waals surface area contributed by atoms with E-state index in [1.165, 1.54) is 19.2 Å². The lowest BCUT2D eigenvalue weighted by molar-refractivity contribution is 0.405. The number of allylic oxidation sites excluding steroid dienone is 3. The van der Waals surface area contributed by atoms with Crippen LogP contribution in [-0.4, -0.2) is 18.6 Å². The van der Waals surface area contributed by atoms with Crippen LogP contribution in [0.2, 0.25) is 0 Å². The van der Waals surface area contributed by atoms with Crippen LogP contribution < -0.4 is 4.74 Å². The average Bonchev–Trinajstić information content (AvgIpc) is 2.38. The smallest absolute Gasteiger partial charge is 0.139 e. The van der Waals surface area contributed by atoms with E-state index in [0.29, 0.717) is 17.9 Å². The zero-order chi connectivity index (χ0) is 14.0. The molecule has 0 radical (unpaired) electrons. The maximum Gasteiger partial charge on any atom is 0.139 e. The number of hydrogen-bond donors (Lipinski definition) is 0. The minimum absolute atomic E-state index is 0.0619. The summed E-state index contributed by atoms with van der Waals surface area (Å²) < 4.78 is 33.0. The fraction of sp³-hybridized carbons (Fsp3) is 0.200. The molecule has 2 nitrogen and oxygen atoms in total. The number of hydrogen-bond acceptors (Lipinski definition) is 2. The van der Waals surface area contributed by atoms with Crippen molar-refractivity contribution in [3.8, 4) is 5.75 Å². The fourth-order valence-corrected chi connectivity index (χ4v) is 2.09. The summed E-state index contributed by atoms with van der Waals surface area (Å²) >= 11 is 0. The van der Waals surface area contributed by atoms with Crippen LogP contribution in [0.5, 0.6) is 5.75 Å². The largest absolute Gasteiger partial charge is 0.497 e. The van der Waals surface area contributed by atoms with Gasteiger partial charge in [-0.05, 0) is 19.1 Å². The average molecular weight is 263 g/mol. The lowest BCUT2D eigenvalue weighted by Crippen LogP contribution is -2.22. The van der Waals surface area contributed by atoms with E-state index >= 15 is 0 Å². The molecule has 0 saturated heterocycles. The number of likely N-dealkylation sites (N-methyl/N-ethyl adjacent to an activating group) is 1. The molecule has 0 atom stereocenters. The Bertz CT molecular complexity index is 553. The lowest BCUT2D eigenvalue weighted by atomic mass is 10.1. The first-order valence-corrected chi connectivity index (χ1v) is 5.96. The Balaban J connectivity index is 2.55. The van der Waals surface area contributed by atoms with Gasteiger partial charge in [0.2, 0.25) is 0 Å². The highest BCUT2D eigenvalue weighted by molar-refractivity contribution is 5.70. The topological polar surface area (TPSA) is 12.5 Å². The fourth-order valence-electron chi connectivity index (χ4n) is 2.09. The van der Waals surface area contributed by atoms with Crippen LogP contribution in [0.4, 0.5) is 8.78 Å². The van der Waals surface area contributed by atoms with Crippen LogP contribution in [0, 0.1) is 11.6 Å². The number of benzene rings is 1. The summed E-state index contributed by atoms with van der Waals surface area (Å²) in [5.41, 5.74) is 1.11. The molecule has 0 spiro atoms. The molecule has 0 amide bonds. The predicted octanol–water partition coefficient (Wildman–Crippen LogP) is 3.72. The van der Waals surface area contributed by atoms with E-state index in [9.17, 15) is 8.78 Å². The number of methoxy groups -OCH3 is 1. The second-order valence-electron chi connectivity index (χ2n) is 4.11. The molecular formula is C15H15F2NO. The molecule has 1 aromatic rings. The summed E-state index contributed by atoms with van der Waals surface area (Å²) in [5, 5.41) is 0. The van der Waals surface area contributed by atoms with E-state index in [4.69, 9.17) is 4.74 Å². The van der Waals surface area contributed by atoms with Gasteiger partial charge in [0.05, 0.1) is 18.4 Å². The third kappa shape index (κ3) is 2.38. The molecule has 0 aromatic heterocycles. The van der Waals surface area contributed by atoms with E-state index < -0.39 is 11.6 Å². The van der Waals surface area contributed by atoms with Crippen molar-refractivity contribution in [2.75, 3.05) is 13.7 Å². The first-order chi connectivity index (χ1) is 9.08. The molecular weight excluding hydrogens is 248 g/mol. The molecule has 1 aliphatic rings. The molecule has 1 heterocycles. The molecule has 19 heavy (non-hydrogen) atoms. The maximum atomic E-state index is 14.1. The van der Waals surface area contributed by atoms with Crippen molar-refractivity contribution in [1.82, 2.24) is 4.90 Å². The second kappa shape index (κ2) is 5.26. The van der Waals surface area contributed by atoms with Gasteiger partial charge in [-0.15, -0.1) is 0 Å². The number of rotatable bonds is 3. The molecule has 0 saturated carbocycles. The summed E-state index contributed by atoms with van der Waals surface area (Å²) in [7, 11) is 1.37. The molecule has 0 aliphatic carbocycles. The van der Waals surface area contributed by atoms with Crippen molar-refractivity contribution in [3.63, 3.8) is 0 Å². The first-order valence-electron chi connectivity index (χ1n) is 5.96. The van der Waals surface area contributed by atoms with Crippen molar-refractivity contribution in [2.45, 2.75) is 6.92 Å². The van der Waals surface area contributed by atoms with E-state index in [-0.39, 0.29) is 11.3 Å². The van der Waals surface area contributed by atoms with Crippen molar-refractivity contribution in [2.24, 2.45) is 0 Å². The Morgan fingerprint density at radius 2 is 1.89 bits per heavy atom. The van der Waals surface area contributed by atoms with Gasteiger partial charge in [-0.2, -0.15) is 0 Å². The van der Waals surface area contributed by atoms with Crippen LogP contribution in [0.15, 0.2) is 42.6 Å². The summed E-state index contributed by atoms with van der Waals surface area (Å²) in [6, 6.07) is 2.35. The number of ether oxygens (including phenoxy) is 1. The standard InChI is InChI=1S/C15H15F2NO/c1-4-18-10(2)6-5-7-14(18)15-12(16)8-11(19-3)9-13(15)17/h5-9H,2,4H2,1,3H3. The van der Waals surface area contributed by atoms with Gasteiger partial charge in [-0.3, -0.25) is 0 Å². The zero-order valence-corrected chi connectivity index (χ0v) is 10.9. The van der Waals surface area contributed by atoms with Crippen molar-refractivity contribution >= 4 is 5.70 Å². The SMILES string of the molecule is C=C1C=CC=C(c2c(F)cc(OC)cc2F)N1CC. The predicted molar refractivity (Wildman–Crippen MR) is 71.5 cm³/mol. The number of halogens is 2. The van der Waals surface area contributed by atoms with Crippen molar-refractivity contribution in [3.05, 3.63) is 59.8 Å². The highest BCUT2D eigenvalue weighted by Crippen LogP contribution is 2.32. The van der Waals surface area contributed by atoms with E-state index in [2.05, 4.69) is 6.58 Å². The normalized spacial score (nSPS) is 14.6. The van der Waals surface area contributed by atoms with Crippen molar-refractivity contribution in [1.29, 1.82) is 0 Å². The monoisotopic (exact) mass is 263 g/mol. The van der Waals surface area contributed by atoms with Gasteiger partial charge in [0.25, 0.3) is 0 Å². The van der Waals surface area contributed by atoms with E-state index in [1.807, 2.05) is 6.92 Å². The summed E-state index contributed by atoms with van der Waals surface area (Å²) in [6.07, 6.45) is 5.20. The van der Waals surface area contributed by atoms with Crippen LogP contribution in [0.25, 0.3) is 5.70 Å². The Hall–Kier alpha value is -2.10. The minimum atomic E-state index is -0.648. The third-order valence-corrected chi connectivity index (χ3v) is 3.00. The van der Waals surface area contributed by atoms with Gasteiger partial charge in [0.1, 0.15) is 17.4 Å². The van der Waals surface area contributed by atoms with Crippen molar-refractivity contribution < 1.29 is 13.5 Å². The molecule has 0 fully saturated rings. The molecule has 2 rings (SSSR count). The molecule has 0 unspecified atom stereocenters. The molecule has 4 heteroatoms. The molecule has 1 aliphatic heterocycles. The zero-order valence-electron chi connectivity index (χ0n) is 10.9. The molecule has 1 aromatic carbocycles. The van der Waals surface area contributed by atoms with Crippen LogP contribution >= 0.6 is 0 Å². The van der Waals surface area contributed by atoms with Crippen LogP contribution in [0.3, 0.4) is 0 Å². The van der Waals surface area contributed by atoms with Gasteiger partial charge < -0.3 is 9.64 Å². The van der Waals surface area contributed by atoms with Gasteiger partial charge in [-0.25, -0.2) is 8.78 Å². The van der Waals surface area contributed by atoms with Gasteiger partial charge >= 0.3 is 0 Å². The van der Waals surface area contributed by atoms with Gasteiger partial charge in [0.15, 0.2) is 0 Å². The lowest BCUT2D eigenvalue weighted by Gasteiger charge is -2.29. The minimum Gasteiger partial charge on any atom is -0.497 e. The van der Waals surface area contributed by atoms with Crippen LogP contribution in [0.1, 0.15) is 12.5 Å². The highest BCUT2D eigenvalue weighted by Gasteiger charge is 2.22. The van der Waals surface area contributed by atoms with Gasteiger partial charge in [-0.1, -0.05) is 12.7 Å². The van der Waals surface area contributed by atoms with Gasteiger partial charge in [0, 0.05) is 24.4 Å². The maximum absolute atomic E-state index is 14.1. The quantitative estimate of drug-likeness (QED) is 0.824. The number of nitrogens with zero attached hydrogens (tertiary/aromatic N) is 1. The first kappa shape index (κ1) is 13.3. The Morgan fingerprint density at radius 1 is 1.26 bits per heavy atom. The molecule has 100 valence electrons. The summed E-state index contributed by atoms with van der Waals surface area (Å²) in [5.74, 6) is -1.14. The third-order valence-electron chi connectivity index (χ3n) is 3.00.